The number of aryl methyl sites for hydroxylation is 1. The lowest BCUT2D eigenvalue weighted by atomic mass is 10.1. The fraction of sp³-hybridized carbons (Fsp3) is 0.688. The minimum Gasteiger partial charge on any atom is -0.349 e. The zero-order valence-corrected chi connectivity index (χ0v) is 13.1. The Morgan fingerprint density at radius 1 is 1.00 bits per heavy atom. The molecule has 0 unspecified atom stereocenters. The number of amides is 2. The van der Waals surface area contributed by atoms with Crippen molar-refractivity contribution < 1.29 is 9.59 Å². The molecule has 0 saturated heterocycles. The van der Waals surface area contributed by atoms with E-state index in [9.17, 15) is 9.59 Å². The van der Waals surface area contributed by atoms with E-state index >= 15 is 0 Å². The van der Waals surface area contributed by atoms with Gasteiger partial charge < -0.3 is 10.6 Å². The molecule has 120 valence electrons. The Bertz CT molecular complexity index is 507. The van der Waals surface area contributed by atoms with Crippen LogP contribution in [0.5, 0.6) is 0 Å². The van der Waals surface area contributed by atoms with E-state index in [0.717, 1.165) is 51.4 Å². The third-order valence-corrected chi connectivity index (χ3v) is 4.67. The van der Waals surface area contributed by atoms with E-state index in [2.05, 4.69) is 15.7 Å². The van der Waals surface area contributed by atoms with E-state index < -0.39 is 0 Å². The van der Waals surface area contributed by atoms with Crippen molar-refractivity contribution in [3.8, 4) is 0 Å². The molecule has 0 atom stereocenters. The van der Waals surface area contributed by atoms with E-state index in [1.54, 1.807) is 13.2 Å². The van der Waals surface area contributed by atoms with Gasteiger partial charge in [-0.1, -0.05) is 25.7 Å². The molecular weight excluding hydrogens is 280 g/mol. The van der Waals surface area contributed by atoms with Crippen LogP contribution in [0.1, 0.15) is 72.2 Å². The van der Waals surface area contributed by atoms with Crippen molar-refractivity contribution in [2.75, 3.05) is 0 Å². The van der Waals surface area contributed by atoms with Crippen LogP contribution in [-0.4, -0.2) is 33.7 Å². The molecule has 1 aromatic heterocycles. The molecular formula is C16H24N4O2. The summed E-state index contributed by atoms with van der Waals surface area (Å²) < 4.78 is 1.53. The minimum absolute atomic E-state index is 0.184. The van der Waals surface area contributed by atoms with Crippen LogP contribution in [0.3, 0.4) is 0 Å². The maximum Gasteiger partial charge on any atom is 0.272 e. The average Bonchev–Trinajstić information content (AvgIpc) is 3.19. The van der Waals surface area contributed by atoms with Crippen LogP contribution in [0.25, 0.3) is 0 Å². The first-order valence-electron chi connectivity index (χ1n) is 8.29. The Labute approximate surface area is 130 Å². The third-order valence-electron chi connectivity index (χ3n) is 4.67. The van der Waals surface area contributed by atoms with E-state index in [-0.39, 0.29) is 29.6 Å². The predicted octanol–water partition coefficient (Wildman–Crippen LogP) is 1.76. The quantitative estimate of drug-likeness (QED) is 0.890. The minimum atomic E-state index is -0.232. The molecule has 2 saturated carbocycles. The molecule has 6 nitrogen and oxygen atoms in total. The second-order valence-corrected chi connectivity index (χ2v) is 6.47. The molecule has 0 aromatic carbocycles. The summed E-state index contributed by atoms with van der Waals surface area (Å²) in [6.07, 6.45) is 10.3. The number of nitrogens with one attached hydrogen (secondary N) is 2. The number of nitrogens with zero attached hydrogens (tertiary/aromatic N) is 2. The van der Waals surface area contributed by atoms with Crippen molar-refractivity contribution in [1.29, 1.82) is 0 Å². The number of carbonyl (C=O) groups excluding carboxylic acids is 2. The van der Waals surface area contributed by atoms with Crippen LogP contribution in [0.2, 0.25) is 0 Å². The van der Waals surface area contributed by atoms with Crippen molar-refractivity contribution >= 4 is 11.8 Å². The highest BCUT2D eigenvalue weighted by molar-refractivity contribution is 6.06. The third kappa shape index (κ3) is 3.31. The highest BCUT2D eigenvalue weighted by atomic mass is 16.2. The molecule has 2 aliphatic rings. The second-order valence-electron chi connectivity index (χ2n) is 6.47. The first kappa shape index (κ1) is 15.1. The topological polar surface area (TPSA) is 76.0 Å². The summed E-state index contributed by atoms with van der Waals surface area (Å²) in [6.45, 7) is 0. The van der Waals surface area contributed by atoms with Gasteiger partial charge in [0.25, 0.3) is 11.8 Å². The van der Waals surface area contributed by atoms with E-state index in [1.165, 1.54) is 4.68 Å². The summed E-state index contributed by atoms with van der Waals surface area (Å²) in [4.78, 5) is 24.8. The zero-order valence-electron chi connectivity index (χ0n) is 13.1. The molecule has 0 radical (unpaired) electrons. The smallest absolute Gasteiger partial charge is 0.272 e. The summed E-state index contributed by atoms with van der Waals surface area (Å²) in [7, 11) is 1.73. The van der Waals surface area contributed by atoms with Gasteiger partial charge in [0, 0.05) is 25.3 Å². The molecule has 0 bridgehead atoms. The van der Waals surface area contributed by atoms with Gasteiger partial charge >= 0.3 is 0 Å². The molecule has 22 heavy (non-hydrogen) atoms. The lowest BCUT2D eigenvalue weighted by molar-refractivity contribution is 0.0900. The van der Waals surface area contributed by atoms with Crippen LogP contribution in [0.4, 0.5) is 0 Å². The van der Waals surface area contributed by atoms with Gasteiger partial charge in [-0.3, -0.25) is 14.3 Å². The predicted molar refractivity (Wildman–Crippen MR) is 82.7 cm³/mol. The fourth-order valence-electron chi connectivity index (χ4n) is 3.48. The van der Waals surface area contributed by atoms with Gasteiger partial charge in [-0.2, -0.15) is 5.10 Å². The molecule has 1 heterocycles. The molecule has 0 aliphatic heterocycles. The normalized spacial score (nSPS) is 19.5. The molecule has 2 N–H and O–H groups in total. The summed E-state index contributed by atoms with van der Waals surface area (Å²) in [6, 6.07) is 0.457. The summed E-state index contributed by atoms with van der Waals surface area (Å²) in [5.41, 5.74) is 0.620. The molecule has 1 aromatic rings. The second kappa shape index (κ2) is 6.50. The maximum atomic E-state index is 12.4. The first-order chi connectivity index (χ1) is 10.6. The van der Waals surface area contributed by atoms with Gasteiger partial charge in [0.05, 0.1) is 5.56 Å². The Morgan fingerprint density at radius 2 is 1.50 bits per heavy atom. The van der Waals surface area contributed by atoms with Gasteiger partial charge in [-0.25, -0.2) is 0 Å². The first-order valence-corrected chi connectivity index (χ1v) is 8.29. The van der Waals surface area contributed by atoms with Gasteiger partial charge in [-0.05, 0) is 25.7 Å². The van der Waals surface area contributed by atoms with Crippen LogP contribution in [0, 0.1) is 0 Å². The highest BCUT2D eigenvalue weighted by Crippen LogP contribution is 2.20. The van der Waals surface area contributed by atoms with Crippen LogP contribution >= 0.6 is 0 Å². The standard InChI is InChI=1S/C16H24N4O2/c1-20-10-13(15(21)17-11-6-2-3-7-11)14(19-20)16(22)18-12-8-4-5-9-12/h10-12H,2-9H2,1H3,(H,17,21)(H,18,22). The molecule has 6 heteroatoms. The van der Waals surface area contributed by atoms with Crippen LogP contribution < -0.4 is 10.6 Å². The van der Waals surface area contributed by atoms with Crippen molar-refractivity contribution in [3.63, 3.8) is 0 Å². The molecule has 2 fully saturated rings. The van der Waals surface area contributed by atoms with E-state index in [4.69, 9.17) is 0 Å². The Kier molecular flexibility index (Phi) is 4.45. The van der Waals surface area contributed by atoms with Gasteiger partial charge in [-0.15, -0.1) is 0 Å². The Morgan fingerprint density at radius 3 is 2.05 bits per heavy atom. The van der Waals surface area contributed by atoms with Crippen LogP contribution in [-0.2, 0) is 7.05 Å². The zero-order chi connectivity index (χ0) is 15.5. The lowest BCUT2D eigenvalue weighted by Crippen LogP contribution is -2.36. The summed E-state index contributed by atoms with van der Waals surface area (Å²) in [5, 5.41) is 10.2. The highest BCUT2D eigenvalue weighted by Gasteiger charge is 2.26. The average molecular weight is 304 g/mol. The molecule has 0 spiro atoms. The van der Waals surface area contributed by atoms with Gasteiger partial charge in [0.15, 0.2) is 5.69 Å². The van der Waals surface area contributed by atoms with Crippen molar-refractivity contribution in [2.45, 2.75) is 63.5 Å². The number of aromatic nitrogens is 2. The number of rotatable bonds is 4. The van der Waals surface area contributed by atoms with Crippen molar-refractivity contribution in [1.82, 2.24) is 20.4 Å². The Hall–Kier alpha value is -1.85. The number of carbonyl (C=O) groups is 2. The molecule has 2 amide bonds. The molecule has 2 aliphatic carbocycles. The largest absolute Gasteiger partial charge is 0.349 e. The maximum absolute atomic E-state index is 12.4. The summed E-state index contributed by atoms with van der Waals surface area (Å²) >= 11 is 0. The Balaban J connectivity index is 1.70. The van der Waals surface area contributed by atoms with Gasteiger partial charge in [0.1, 0.15) is 0 Å². The SMILES string of the molecule is Cn1cc(C(=O)NC2CCCC2)c(C(=O)NC2CCCC2)n1. The lowest BCUT2D eigenvalue weighted by Gasteiger charge is -2.13. The number of hydrogen-bond donors (Lipinski definition) is 2. The van der Waals surface area contributed by atoms with E-state index in [0.29, 0.717) is 5.56 Å². The van der Waals surface area contributed by atoms with E-state index in [1.807, 2.05) is 0 Å². The summed E-state index contributed by atoms with van der Waals surface area (Å²) in [5.74, 6) is -0.416. The number of hydrogen-bond acceptors (Lipinski definition) is 3. The van der Waals surface area contributed by atoms with Crippen molar-refractivity contribution in [2.24, 2.45) is 7.05 Å². The van der Waals surface area contributed by atoms with Gasteiger partial charge in [0.2, 0.25) is 0 Å². The van der Waals surface area contributed by atoms with Crippen molar-refractivity contribution in [3.05, 3.63) is 17.5 Å². The van der Waals surface area contributed by atoms with Crippen LogP contribution in [0.15, 0.2) is 6.20 Å². The fourth-order valence-corrected chi connectivity index (χ4v) is 3.48. The monoisotopic (exact) mass is 304 g/mol. The molecule has 3 rings (SSSR count).